The maximum absolute atomic E-state index is 10.4. The number of imidazole rings is 1. The number of aliphatic hydroxyl groups is 2. The van der Waals surface area contributed by atoms with Gasteiger partial charge in [-0.1, -0.05) is 0 Å². The van der Waals surface area contributed by atoms with E-state index >= 15 is 0 Å². The SMILES string of the molecule is Cc1cc([N+](=O)[O-])cc([N+](=O)[O-])c1O.Nc1ncnc2c1ncn2[C@H]1C[C@H](O)[C@@H](CO)O1. The van der Waals surface area contributed by atoms with Crippen LogP contribution in [-0.4, -0.2) is 63.5 Å². The Morgan fingerprint density at radius 2 is 1.97 bits per heavy atom. The van der Waals surface area contributed by atoms with Gasteiger partial charge in [0.05, 0.1) is 35.0 Å². The van der Waals surface area contributed by atoms with Crippen LogP contribution >= 0.6 is 0 Å². The molecule has 170 valence electrons. The number of aliphatic hydroxyl groups excluding tert-OH is 2. The monoisotopic (exact) mass is 449 g/mol. The van der Waals surface area contributed by atoms with Crippen LogP contribution in [0.25, 0.3) is 11.2 Å². The molecule has 3 atom stereocenters. The van der Waals surface area contributed by atoms with Gasteiger partial charge >= 0.3 is 5.69 Å². The molecule has 0 saturated carbocycles. The molecule has 0 radical (unpaired) electrons. The quantitative estimate of drug-likeness (QED) is 0.316. The van der Waals surface area contributed by atoms with Crippen LogP contribution in [0.4, 0.5) is 17.2 Å². The molecule has 0 amide bonds. The number of aromatic nitrogens is 4. The van der Waals surface area contributed by atoms with E-state index in [2.05, 4.69) is 15.0 Å². The van der Waals surface area contributed by atoms with Crippen molar-refractivity contribution >= 4 is 28.4 Å². The van der Waals surface area contributed by atoms with Crippen molar-refractivity contribution in [3.8, 4) is 5.75 Å². The maximum atomic E-state index is 10.4. The topological polar surface area (TPSA) is 226 Å². The molecule has 0 aliphatic carbocycles. The number of ether oxygens (including phenoxy) is 1. The average molecular weight is 449 g/mol. The Morgan fingerprint density at radius 1 is 1.25 bits per heavy atom. The minimum absolute atomic E-state index is 0.103. The predicted octanol–water partition coefficient (Wildman–Crippen LogP) is 0.566. The van der Waals surface area contributed by atoms with Crippen LogP contribution in [0.15, 0.2) is 24.8 Å². The van der Waals surface area contributed by atoms with Gasteiger partial charge < -0.3 is 25.8 Å². The summed E-state index contributed by atoms with van der Waals surface area (Å²) >= 11 is 0. The van der Waals surface area contributed by atoms with Gasteiger partial charge in [0.25, 0.3) is 5.69 Å². The summed E-state index contributed by atoms with van der Waals surface area (Å²) in [5, 5.41) is 48.7. The summed E-state index contributed by atoms with van der Waals surface area (Å²) in [6.45, 7) is 1.14. The normalized spacial score (nSPS) is 20.0. The Bertz CT molecular complexity index is 1170. The number of fused-ring (bicyclic) bond motifs is 1. The zero-order valence-electron chi connectivity index (χ0n) is 16.6. The number of benzene rings is 1. The fraction of sp³-hybridized carbons (Fsp3) is 0.353. The third-order valence-corrected chi connectivity index (χ3v) is 4.75. The number of nitro benzene ring substituents is 2. The Kier molecular flexibility index (Phi) is 6.42. The zero-order valence-corrected chi connectivity index (χ0v) is 16.6. The minimum Gasteiger partial charge on any atom is -0.502 e. The molecule has 0 bridgehead atoms. The van der Waals surface area contributed by atoms with Crippen molar-refractivity contribution in [3.63, 3.8) is 0 Å². The number of nitrogen functional groups attached to an aromatic ring is 1. The van der Waals surface area contributed by atoms with E-state index in [9.17, 15) is 30.4 Å². The maximum Gasteiger partial charge on any atom is 0.317 e. The fourth-order valence-electron chi connectivity index (χ4n) is 3.12. The minimum atomic E-state index is -0.866. The number of aromatic hydroxyl groups is 1. The van der Waals surface area contributed by atoms with Crippen LogP contribution in [0.1, 0.15) is 18.2 Å². The lowest BCUT2D eigenvalue weighted by Crippen LogP contribution is -2.24. The highest BCUT2D eigenvalue weighted by molar-refractivity contribution is 5.81. The lowest BCUT2D eigenvalue weighted by atomic mass is 10.1. The highest BCUT2D eigenvalue weighted by Crippen LogP contribution is 2.33. The molecule has 3 aromatic rings. The van der Waals surface area contributed by atoms with Gasteiger partial charge in [-0.2, -0.15) is 0 Å². The number of rotatable bonds is 4. The molecular weight excluding hydrogens is 430 g/mol. The Hall–Kier alpha value is -3.95. The van der Waals surface area contributed by atoms with E-state index in [0.717, 1.165) is 12.1 Å². The number of aryl methyl sites for hydroxylation is 1. The van der Waals surface area contributed by atoms with Crippen LogP contribution in [0, 0.1) is 27.2 Å². The van der Waals surface area contributed by atoms with Crippen LogP contribution in [0.3, 0.4) is 0 Å². The van der Waals surface area contributed by atoms with Crippen molar-refractivity contribution in [1.82, 2.24) is 19.5 Å². The van der Waals surface area contributed by atoms with Crippen LogP contribution in [0.2, 0.25) is 0 Å². The van der Waals surface area contributed by atoms with Crippen LogP contribution in [0.5, 0.6) is 5.75 Å². The van der Waals surface area contributed by atoms with E-state index in [4.69, 9.17) is 15.6 Å². The van der Waals surface area contributed by atoms with E-state index < -0.39 is 45.4 Å². The molecule has 0 unspecified atom stereocenters. The van der Waals surface area contributed by atoms with Crippen molar-refractivity contribution in [2.75, 3.05) is 12.3 Å². The number of anilines is 1. The van der Waals surface area contributed by atoms with Crippen molar-refractivity contribution in [1.29, 1.82) is 0 Å². The van der Waals surface area contributed by atoms with Gasteiger partial charge in [0.15, 0.2) is 17.2 Å². The third kappa shape index (κ3) is 4.39. The molecule has 1 saturated heterocycles. The molecule has 32 heavy (non-hydrogen) atoms. The van der Waals surface area contributed by atoms with Gasteiger partial charge in [-0.05, 0) is 6.92 Å². The summed E-state index contributed by atoms with van der Waals surface area (Å²) in [4.78, 5) is 31.2. The Balaban J connectivity index is 0.000000188. The molecule has 3 heterocycles. The summed E-state index contributed by atoms with van der Waals surface area (Å²) < 4.78 is 7.22. The number of nitrogens with two attached hydrogens (primary N) is 1. The first-order valence-corrected chi connectivity index (χ1v) is 9.13. The van der Waals surface area contributed by atoms with E-state index in [-0.39, 0.29) is 12.2 Å². The first-order valence-electron chi connectivity index (χ1n) is 9.13. The molecule has 15 nitrogen and oxygen atoms in total. The first-order chi connectivity index (χ1) is 15.1. The van der Waals surface area contributed by atoms with Crippen molar-refractivity contribution in [3.05, 3.63) is 50.6 Å². The fourth-order valence-corrected chi connectivity index (χ4v) is 3.12. The molecule has 5 N–H and O–H groups in total. The van der Waals surface area contributed by atoms with Gasteiger partial charge in [0.1, 0.15) is 24.2 Å². The first kappa shape index (κ1) is 22.7. The van der Waals surface area contributed by atoms with Crippen molar-refractivity contribution in [2.45, 2.75) is 31.8 Å². The van der Waals surface area contributed by atoms with E-state index in [1.54, 1.807) is 10.9 Å². The van der Waals surface area contributed by atoms with E-state index in [0.29, 0.717) is 23.4 Å². The second-order valence-corrected chi connectivity index (χ2v) is 6.84. The summed E-state index contributed by atoms with van der Waals surface area (Å²) in [6.07, 6.45) is 1.60. The number of hydrogen-bond acceptors (Lipinski definition) is 12. The van der Waals surface area contributed by atoms with E-state index in [1.165, 1.54) is 13.3 Å². The van der Waals surface area contributed by atoms with Crippen LogP contribution < -0.4 is 5.73 Å². The Labute approximate surface area is 179 Å². The van der Waals surface area contributed by atoms with Gasteiger partial charge in [-0.25, -0.2) is 15.0 Å². The molecule has 4 rings (SSSR count). The lowest BCUT2D eigenvalue weighted by Gasteiger charge is -2.13. The molecule has 2 aromatic heterocycles. The summed E-state index contributed by atoms with van der Waals surface area (Å²) in [7, 11) is 0. The molecule has 1 aliphatic heterocycles. The summed E-state index contributed by atoms with van der Waals surface area (Å²) in [6, 6.07) is 1.80. The number of hydrogen-bond donors (Lipinski definition) is 4. The summed E-state index contributed by atoms with van der Waals surface area (Å²) in [5.41, 5.74) is 5.79. The van der Waals surface area contributed by atoms with Crippen LogP contribution in [-0.2, 0) is 4.74 Å². The van der Waals surface area contributed by atoms with Gasteiger partial charge in [0.2, 0.25) is 0 Å². The second kappa shape index (κ2) is 9.04. The largest absolute Gasteiger partial charge is 0.502 e. The third-order valence-electron chi connectivity index (χ3n) is 4.75. The van der Waals surface area contributed by atoms with Gasteiger partial charge in [-0.15, -0.1) is 0 Å². The highest BCUT2D eigenvalue weighted by Gasteiger charge is 2.35. The zero-order chi connectivity index (χ0) is 23.6. The van der Waals surface area contributed by atoms with Gasteiger partial charge in [-0.3, -0.25) is 24.8 Å². The highest BCUT2D eigenvalue weighted by atomic mass is 16.6. The number of nitro groups is 2. The standard InChI is InChI=1S/C10H13N5O3.C7H6N2O5/c11-9-8-10(13-3-12-9)15(4-14-8)7-1-5(17)6(2-16)18-7;1-4-2-5(8(11)12)3-6(7(4)10)9(13)14/h3-7,16-17H,1-2H2,(H2,11,12,13);2-3,10H,1H3/t5-,6+,7+;/m0./s1. The molecule has 1 aliphatic rings. The summed E-state index contributed by atoms with van der Waals surface area (Å²) in [5.74, 6) is -0.239. The van der Waals surface area contributed by atoms with Crippen molar-refractivity contribution < 1.29 is 29.9 Å². The smallest absolute Gasteiger partial charge is 0.317 e. The van der Waals surface area contributed by atoms with Gasteiger partial charge in [0, 0.05) is 18.1 Å². The molecule has 1 aromatic carbocycles. The predicted molar refractivity (Wildman–Crippen MR) is 108 cm³/mol. The number of phenolic OH excluding ortho intramolecular Hbond substituents is 1. The molecule has 1 fully saturated rings. The average Bonchev–Trinajstić information content (AvgIpc) is 3.34. The molecular formula is C17H19N7O8. The van der Waals surface area contributed by atoms with E-state index in [1.807, 2.05) is 0 Å². The lowest BCUT2D eigenvalue weighted by molar-refractivity contribution is -0.394. The number of phenols is 1. The van der Waals surface area contributed by atoms with Crippen molar-refractivity contribution in [2.24, 2.45) is 0 Å². The number of nitrogens with zero attached hydrogens (tertiary/aromatic N) is 6. The second-order valence-electron chi connectivity index (χ2n) is 6.84. The molecule has 15 heteroatoms. The number of non-ortho nitro benzene ring substituents is 1. The Morgan fingerprint density at radius 3 is 2.56 bits per heavy atom. The molecule has 0 spiro atoms.